The van der Waals surface area contributed by atoms with Crippen molar-refractivity contribution in [1.29, 1.82) is 0 Å². The average molecular weight is 382 g/mol. The number of thiophene rings is 1. The zero-order chi connectivity index (χ0) is 18.5. The van der Waals surface area contributed by atoms with Crippen LogP contribution in [0.25, 0.3) is 10.1 Å². The third-order valence-electron chi connectivity index (χ3n) is 5.44. The predicted molar refractivity (Wildman–Crippen MR) is 113 cm³/mol. The Kier molecular flexibility index (Phi) is 6.07. The third-order valence-corrected chi connectivity index (χ3v) is 6.34. The molecule has 1 unspecified atom stereocenters. The summed E-state index contributed by atoms with van der Waals surface area (Å²) in [5, 5.41) is 3.50. The molecule has 27 heavy (non-hydrogen) atoms. The number of likely N-dealkylation sites (tertiary alicyclic amines) is 1. The third kappa shape index (κ3) is 4.70. The van der Waals surface area contributed by atoms with E-state index in [-0.39, 0.29) is 0 Å². The van der Waals surface area contributed by atoms with Crippen LogP contribution in [0, 0.1) is 0 Å². The largest absolute Gasteiger partial charge is 0.497 e. The Balaban J connectivity index is 1.17. The van der Waals surface area contributed by atoms with Gasteiger partial charge in [0.15, 0.2) is 0 Å². The minimum atomic E-state index is 0.609. The Morgan fingerprint density at radius 2 is 2.07 bits per heavy atom. The van der Waals surface area contributed by atoms with Crippen molar-refractivity contribution in [2.45, 2.75) is 18.8 Å². The van der Waals surface area contributed by atoms with E-state index in [1.54, 1.807) is 18.4 Å². The topological polar surface area (TPSA) is 21.7 Å². The Labute approximate surface area is 165 Å². The number of rotatable bonds is 8. The molecular weight excluding hydrogens is 354 g/mol. The fourth-order valence-corrected chi connectivity index (χ4v) is 4.63. The molecule has 4 rings (SSSR count). The van der Waals surface area contributed by atoms with Gasteiger partial charge in [-0.3, -0.25) is 0 Å². The molecule has 0 N–H and O–H groups in total. The zero-order valence-electron chi connectivity index (χ0n) is 15.9. The summed E-state index contributed by atoms with van der Waals surface area (Å²) in [5.41, 5.74) is 2.75. The van der Waals surface area contributed by atoms with Gasteiger partial charge < -0.3 is 14.4 Å². The number of ether oxygens (including phenoxy) is 2. The SMILES string of the molecule is COc1cccc(C2CCN(CCOCCc3ccc4sccc4c3)C2)c1. The molecule has 2 heterocycles. The van der Waals surface area contributed by atoms with Crippen LogP contribution >= 0.6 is 11.3 Å². The van der Waals surface area contributed by atoms with Gasteiger partial charge in [-0.2, -0.15) is 0 Å². The molecule has 0 saturated carbocycles. The minimum Gasteiger partial charge on any atom is -0.497 e. The van der Waals surface area contributed by atoms with Gasteiger partial charge in [-0.05, 0) is 71.5 Å². The van der Waals surface area contributed by atoms with Crippen LogP contribution in [0.3, 0.4) is 0 Å². The van der Waals surface area contributed by atoms with E-state index in [0.29, 0.717) is 5.92 Å². The van der Waals surface area contributed by atoms with Gasteiger partial charge in [-0.25, -0.2) is 0 Å². The van der Waals surface area contributed by atoms with Crippen LogP contribution in [-0.2, 0) is 11.2 Å². The van der Waals surface area contributed by atoms with Crippen molar-refractivity contribution >= 4 is 21.4 Å². The van der Waals surface area contributed by atoms with E-state index in [4.69, 9.17) is 9.47 Å². The highest BCUT2D eigenvalue weighted by molar-refractivity contribution is 7.17. The van der Waals surface area contributed by atoms with Crippen LogP contribution in [0.1, 0.15) is 23.5 Å². The summed E-state index contributed by atoms with van der Waals surface area (Å²) < 4.78 is 12.6. The summed E-state index contributed by atoms with van der Waals surface area (Å²) in [6, 6.07) is 17.4. The molecule has 4 heteroatoms. The molecule has 1 atom stereocenters. The molecule has 1 fully saturated rings. The van der Waals surface area contributed by atoms with Crippen LogP contribution < -0.4 is 4.74 Å². The van der Waals surface area contributed by atoms with Crippen molar-refractivity contribution < 1.29 is 9.47 Å². The lowest BCUT2D eigenvalue weighted by Gasteiger charge is -2.16. The predicted octanol–water partition coefficient (Wildman–Crippen LogP) is 4.96. The Bertz CT molecular complexity index is 875. The van der Waals surface area contributed by atoms with E-state index in [1.165, 1.54) is 27.6 Å². The summed E-state index contributed by atoms with van der Waals surface area (Å²) in [7, 11) is 1.73. The van der Waals surface area contributed by atoms with Crippen molar-refractivity contribution in [3.05, 3.63) is 65.0 Å². The molecule has 1 saturated heterocycles. The van der Waals surface area contributed by atoms with Gasteiger partial charge in [-0.1, -0.05) is 24.3 Å². The first-order valence-corrected chi connectivity index (χ1v) is 10.6. The van der Waals surface area contributed by atoms with Gasteiger partial charge in [0.2, 0.25) is 0 Å². The highest BCUT2D eigenvalue weighted by Crippen LogP contribution is 2.29. The van der Waals surface area contributed by atoms with Crippen molar-refractivity contribution in [3.63, 3.8) is 0 Å². The van der Waals surface area contributed by atoms with Crippen LogP contribution in [0.4, 0.5) is 0 Å². The lowest BCUT2D eigenvalue weighted by atomic mass is 9.98. The molecule has 142 valence electrons. The molecule has 1 aromatic heterocycles. The summed E-state index contributed by atoms with van der Waals surface area (Å²) in [6.07, 6.45) is 2.20. The molecular formula is C23H27NO2S. The smallest absolute Gasteiger partial charge is 0.119 e. The first-order valence-electron chi connectivity index (χ1n) is 9.72. The lowest BCUT2D eigenvalue weighted by molar-refractivity contribution is 0.113. The molecule has 1 aliphatic heterocycles. The molecule has 0 aliphatic carbocycles. The molecule has 2 aromatic carbocycles. The van der Waals surface area contributed by atoms with E-state index < -0.39 is 0 Å². The average Bonchev–Trinajstić information content (AvgIpc) is 3.37. The van der Waals surface area contributed by atoms with Gasteiger partial charge in [0.25, 0.3) is 0 Å². The summed E-state index contributed by atoms with van der Waals surface area (Å²) in [5.74, 6) is 1.56. The highest BCUT2D eigenvalue weighted by atomic mass is 32.1. The van der Waals surface area contributed by atoms with Crippen LogP contribution in [0.2, 0.25) is 0 Å². The van der Waals surface area contributed by atoms with Crippen molar-refractivity contribution in [2.75, 3.05) is 40.0 Å². The van der Waals surface area contributed by atoms with Crippen molar-refractivity contribution in [2.24, 2.45) is 0 Å². The van der Waals surface area contributed by atoms with Crippen LogP contribution in [0.15, 0.2) is 53.9 Å². The first kappa shape index (κ1) is 18.5. The Morgan fingerprint density at radius 1 is 1.11 bits per heavy atom. The fraction of sp³-hybridized carbons (Fsp3) is 0.391. The molecule has 3 aromatic rings. The van der Waals surface area contributed by atoms with Gasteiger partial charge >= 0.3 is 0 Å². The van der Waals surface area contributed by atoms with E-state index in [0.717, 1.165) is 45.0 Å². The Morgan fingerprint density at radius 3 is 3.00 bits per heavy atom. The first-order chi connectivity index (χ1) is 13.3. The normalized spacial score (nSPS) is 17.6. The monoisotopic (exact) mass is 381 g/mol. The Hall–Kier alpha value is -1.88. The molecule has 0 bridgehead atoms. The molecule has 0 spiro atoms. The highest BCUT2D eigenvalue weighted by Gasteiger charge is 2.23. The van der Waals surface area contributed by atoms with Gasteiger partial charge in [0, 0.05) is 17.8 Å². The number of methoxy groups -OCH3 is 1. The van der Waals surface area contributed by atoms with Gasteiger partial charge in [0.1, 0.15) is 5.75 Å². The second-order valence-electron chi connectivity index (χ2n) is 7.22. The van der Waals surface area contributed by atoms with E-state index in [2.05, 4.69) is 52.7 Å². The van der Waals surface area contributed by atoms with Crippen molar-refractivity contribution in [3.8, 4) is 5.75 Å². The fourth-order valence-electron chi connectivity index (χ4n) is 3.86. The van der Waals surface area contributed by atoms with Crippen molar-refractivity contribution in [1.82, 2.24) is 4.90 Å². The minimum absolute atomic E-state index is 0.609. The maximum absolute atomic E-state index is 5.91. The second-order valence-corrected chi connectivity index (χ2v) is 8.17. The lowest BCUT2D eigenvalue weighted by Crippen LogP contribution is -2.25. The maximum Gasteiger partial charge on any atom is 0.119 e. The molecule has 3 nitrogen and oxygen atoms in total. The quantitative estimate of drug-likeness (QED) is 0.515. The molecule has 1 aliphatic rings. The molecule has 0 radical (unpaired) electrons. The molecule has 0 amide bonds. The number of benzene rings is 2. The summed E-state index contributed by atoms with van der Waals surface area (Å²) in [6.45, 7) is 4.89. The van der Waals surface area contributed by atoms with E-state index in [1.807, 2.05) is 6.07 Å². The standard InChI is InChI=1S/C23H27NO2S/c1-25-22-4-2-3-19(16-22)21-7-10-24(17-21)11-13-26-12-8-18-5-6-23-20(15-18)9-14-27-23/h2-6,9,14-16,21H,7-8,10-13,17H2,1H3. The van der Waals surface area contributed by atoms with Crippen LogP contribution in [-0.4, -0.2) is 44.9 Å². The second kappa shape index (κ2) is 8.87. The summed E-state index contributed by atoms with van der Waals surface area (Å²) in [4.78, 5) is 2.52. The van der Waals surface area contributed by atoms with Crippen LogP contribution in [0.5, 0.6) is 5.75 Å². The number of hydrogen-bond acceptors (Lipinski definition) is 4. The van der Waals surface area contributed by atoms with E-state index >= 15 is 0 Å². The number of hydrogen-bond donors (Lipinski definition) is 0. The van der Waals surface area contributed by atoms with Gasteiger partial charge in [-0.15, -0.1) is 11.3 Å². The maximum atomic E-state index is 5.91. The number of nitrogens with zero attached hydrogens (tertiary/aromatic N) is 1. The number of fused-ring (bicyclic) bond motifs is 1. The summed E-state index contributed by atoms with van der Waals surface area (Å²) >= 11 is 1.80. The van der Waals surface area contributed by atoms with Gasteiger partial charge in [0.05, 0.1) is 20.3 Å². The zero-order valence-corrected chi connectivity index (χ0v) is 16.7. The van der Waals surface area contributed by atoms with E-state index in [9.17, 15) is 0 Å².